The fourth-order valence-electron chi connectivity index (χ4n) is 1.84. The molecule has 2 aromatic carbocycles. The number of carbonyl (C=O) groups is 1. The average molecular weight is 404 g/mol. The molecule has 0 amide bonds. The van der Waals surface area contributed by atoms with Crippen molar-refractivity contribution in [2.24, 2.45) is 0 Å². The molecule has 0 unspecified atom stereocenters. The Labute approximate surface area is 147 Å². The fourth-order valence-corrected chi connectivity index (χ4v) is 2.88. The van der Waals surface area contributed by atoms with Crippen LogP contribution in [0.1, 0.15) is 22.8 Å². The van der Waals surface area contributed by atoms with E-state index in [0.717, 1.165) is 11.8 Å². The number of ether oxygens (including phenoxy) is 2. The Bertz CT molecular complexity index is 689. The lowest BCUT2D eigenvalue weighted by Crippen LogP contribution is -2.02. The van der Waals surface area contributed by atoms with Gasteiger partial charge in [0.1, 0.15) is 12.9 Å². The predicted molar refractivity (Wildman–Crippen MR) is 91.5 cm³/mol. The zero-order valence-corrected chi connectivity index (χ0v) is 14.8. The molecular weight excluding hydrogens is 391 g/mol. The molecule has 6 heteroatoms. The van der Waals surface area contributed by atoms with Crippen molar-refractivity contribution in [3.63, 3.8) is 0 Å². The average Bonchev–Trinajstić information content (AvgIpc) is 2.49. The summed E-state index contributed by atoms with van der Waals surface area (Å²) < 4.78 is 12.0. The molecule has 2 rings (SSSR count). The van der Waals surface area contributed by atoms with Gasteiger partial charge in [-0.1, -0.05) is 29.3 Å². The second-order valence-corrected chi connectivity index (χ2v) is 6.10. The highest BCUT2D eigenvalue weighted by molar-refractivity contribution is 9.10. The molecule has 0 aliphatic carbocycles. The Morgan fingerprint density at radius 2 is 1.95 bits per heavy atom. The number of hydrogen-bond acceptors (Lipinski definition) is 3. The van der Waals surface area contributed by atoms with E-state index in [-0.39, 0.29) is 6.61 Å². The number of halogens is 3. The van der Waals surface area contributed by atoms with Crippen LogP contribution in [0, 0.1) is 0 Å². The summed E-state index contributed by atoms with van der Waals surface area (Å²) in [6.45, 7) is 2.60. The van der Waals surface area contributed by atoms with Crippen molar-refractivity contribution in [3.05, 3.63) is 56.0 Å². The SMILES string of the molecule is CCOc1c(Br)cc(C=O)cc1OCc1ccc(Cl)cc1Cl. The van der Waals surface area contributed by atoms with Gasteiger partial charge in [0.2, 0.25) is 0 Å². The Hall–Kier alpha value is -1.23. The van der Waals surface area contributed by atoms with E-state index >= 15 is 0 Å². The monoisotopic (exact) mass is 402 g/mol. The molecule has 116 valence electrons. The molecule has 0 aliphatic rings. The van der Waals surface area contributed by atoms with Crippen LogP contribution in [0.15, 0.2) is 34.8 Å². The van der Waals surface area contributed by atoms with Crippen molar-refractivity contribution in [3.8, 4) is 11.5 Å². The number of benzene rings is 2. The summed E-state index contributed by atoms with van der Waals surface area (Å²) in [6.07, 6.45) is 0.753. The van der Waals surface area contributed by atoms with E-state index in [9.17, 15) is 4.79 Å². The van der Waals surface area contributed by atoms with E-state index < -0.39 is 0 Å². The van der Waals surface area contributed by atoms with Gasteiger partial charge in [0.05, 0.1) is 11.1 Å². The highest BCUT2D eigenvalue weighted by Crippen LogP contribution is 2.37. The summed E-state index contributed by atoms with van der Waals surface area (Å²) in [7, 11) is 0. The van der Waals surface area contributed by atoms with Gasteiger partial charge in [-0.3, -0.25) is 4.79 Å². The molecule has 0 saturated carbocycles. The Morgan fingerprint density at radius 1 is 1.18 bits per heavy atom. The van der Waals surface area contributed by atoms with Crippen molar-refractivity contribution in [1.82, 2.24) is 0 Å². The lowest BCUT2D eigenvalue weighted by molar-refractivity contribution is 0.112. The minimum absolute atomic E-state index is 0.241. The third-order valence-electron chi connectivity index (χ3n) is 2.85. The summed E-state index contributed by atoms with van der Waals surface area (Å²) in [5.41, 5.74) is 1.29. The number of carbonyl (C=O) groups excluding carboxylic acids is 1. The van der Waals surface area contributed by atoms with E-state index in [4.69, 9.17) is 32.7 Å². The summed E-state index contributed by atoms with van der Waals surface area (Å²) in [6, 6.07) is 8.51. The Morgan fingerprint density at radius 3 is 2.59 bits per heavy atom. The van der Waals surface area contributed by atoms with Gasteiger partial charge in [0.25, 0.3) is 0 Å². The second kappa shape index (κ2) is 7.86. The van der Waals surface area contributed by atoms with Crippen molar-refractivity contribution in [2.75, 3.05) is 6.61 Å². The van der Waals surface area contributed by atoms with Gasteiger partial charge in [0, 0.05) is 21.2 Å². The lowest BCUT2D eigenvalue weighted by Gasteiger charge is -2.14. The van der Waals surface area contributed by atoms with Crippen LogP contribution in [-0.4, -0.2) is 12.9 Å². The number of hydrogen-bond donors (Lipinski definition) is 0. The first-order valence-electron chi connectivity index (χ1n) is 6.53. The van der Waals surface area contributed by atoms with E-state index in [2.05, 4.69) is 15.9 Å². The van der Waals surface area contributed by atoms with Crippen LogP contribution < -0.4 is 9.47 Å². The largest absolute Gasteiger partial charge is 0.489 e. The fraction of sp³-hybridized carbons (Fsp3) is 0.188. The topological polar surface area (TPSA) is 35.5 Å². The second-order valence-electron chi connectivity index (χ2n) is 4.41. The van der Waals surface area contributed by atoms with E-state index in [1.54, 1.807) is 30.3 Å². The molecule has 2 aromatic rings. The molecule has 0 atom stereocenters. The highest BCUT2D eigenvalue weighted by atomic mass is 79.9. The van der Waals surface area contributed by atoms with Crippen LogP contribution in [-0.2, 0) is 6.61 Å². The maximum Gasteiger partial charge on any atom is 0.175 e. The van der Waals surface area contributed by atoms with Crippen molar-refractivity contribution in [2.45, 2.75) is 13.5 Å². The molecule has 0 N–H and O–H groups in total. The molecule has 0 radical (unpaired) electrons. The van der Waals surface area contributed by atoms with Gasteiger partial charge in [-0.2, -0.15) is 0 Å². The molecule has 0 heterocycles. The maximum atomic E-state index is 11.0. The Balaban J connectivity index is 2.27. The third kappa shape index (κ3) is 4.15. The quantitative estimate of drug-likeness (QED) is 0.593. The molecule has 22 heavy (non-hydrogen) atoms. The summed E-state index contributed by atoms with van der Waals surface area (Å²) >= 11 is 15.4. The minimum Gasteiger partial charge on any atom is -0.489 e. The zero-order chi connectivity index (χ0) is 16.1. The van der Waals surface area contributed by atoms with Crippen molar-refractivity contribution < 1.29 is 14.3 Å². The summed E-state index contributed by atoms with van der Waals surface area (Å²) in [5.74, 6) is 1.03. The van der Waals surface area contributed by atoms with Gasteiger partial charge in [-0.15, -0.1) is 0 Å². The number of rotatable bonds is 6. The van der Waals surface area contributed by atoms with Gasteiger partial charge >= 0.3 is 0 Å². The minimum atomic E-state index is 0.241. The number of aldehydes is 1. The van der Waals surface area contributed by atoms with Gasteiger partial charge in [0.15, 0.2) is 11.5 Å². The molecule has 0 spiro atoms. The van der Waals surface area contributed by atoms with Crippen molar-refractivity contribution >= 4 is 45.4 Å². The smallest absolute Gasteiger partial charge is 0.175 e. The van der Waals surface area contributed by atoms with Gasteiger partial charge in [-0.05, 0) is 47.1 Å². The Kier molecular flexibility index (Phi) is 6.12. The molecule has 0 aliphatic heterocycles. The highest BCUT2D eigenvalue weighted by Gasteiger charge is 2.13. The standard InChI is InChI=1S/C16H13BrCl2O3/c1-2-21-16-13(17)5-10(8-20)6-15(16)22-9-11-3-4-12(18)7-14(11)19/h3-8H,2,9H2,1H3. The predicted octanol–water partition coefficient (Wildman–Crippen LogP) is 5.55. The van der Waals surface area contributed by atoms with Crippen LogP contribution in [0.4, 0.5) is 0 Å². The van der Waals surface area contributed by atoms with Crippen LogP contribution in [0.5, 0.6) is 11.5 Å². The van der Waals surface area contributed by atoms with Crippen LogP contribution in [0.25, 0.3) is 0 Å². The normalized spacial score (nSPS) is 10.4. The van der Waals surface area contributed by atoms with Gasteiger partial charge in [-0.25, -0.2) is 0 Å². The van der Waals surface area contributed by atoms with Crippen molar-refractivity contribution in [1.29, 1.82) is 0 Å². The maximum absolute atomic E-state index is 11.0. The summed E-state index contributed by atoms with van der Waals surface area (Å²) in [4.78, 5) is 11.0. The van der Waals surface area contributed by atoms with Crippen LogP contribution >= 0.6 is 39.1 Å². The molecule has 3 nitrogen and oxygen atoms in total. The van der Waals surface area contributed by atoms with Crippen LogP contribution in [0.2, 0.25) is 10.0 Å². The first-order chi connectivity index (χ1) is 10.5. The first kappa shape index (κ1) is 17.1. The lowest BCUT2D eigenvalue weighted by atomic mass is 10.2. The first-order valence-corrected chi connectivity index (χ1v) is 8.08. The molecule has 0 bridgehead atoms. The molecule has 0 fully saturated rings. The summed E-state index contributed by atoms with van der Waals surface area (Å²) in [5, 5.41) is 1.09. The van der Waals surface area contributed by atoms with Gasteiger partial charge < -0.3 is 9.47 Å². The molecule has 0 aromatic heterocycles. The van der Waals surface area contributed by atoms with E-state index in [1.807, 2.05) is 6.92 Å². The molecule has 0 saturated heterocycles. The van der Waals surface area contributed by atoms with E-state index in [1.165, 1.54) is 0 Å². The zero-order valence-electron chi connectivity index (χ0n) is 11.7. The van der Waals surface area contributed by atoms with E-state index in [0.29, 0.717) is 38.2 Å². The third-order valence-corrected chi connectivity index (χ3v) is 4.03. The molecular formula is C16H13BrCl2O3. The van der Waals surface area contributed by atoms with Crippen LogP contribution in [0.3, 0.4) is 0 Å².